The van der Waals surface area contributed by atoms with Crippen LogP contribution in [0.15, 0.2) is 83.8 Å². The van der Waals surface area contributed by atoms with Crippen molar-refractivity contribution in [1.82, 2.24) is 5.32 Å². The number of benzene rings is 3. The third-order valence-electron chi connectivity index (χ3n) is 4.94. The largest absolute Gasteiger partial charge is 0.348 e. The highest BCUT2D eigenvalue weighted by Crippen LogP contribution is 2.26. The first kappa shape index (κ1) is 22.8. The number of nitrogens with one attached hydrogen (secondary N) is 1. The molecule has 5 nitrogen and oxygen atoms in total. The van der Waals surface area contributed by atoms with Crippen molar-refractivity contribution >= 4 is 33.2 Å². The van der Waals surface area contributed by atoms with Gasteiger partial charge in [-0.1, -0.05) is 72.6 Å². The van der Waals surface area contributed by atoms with Gasteiger partial charge in [0.05, 0.1) is 16.6 Å². The Hall–Kier alpha value is -2.83. The van der Waals surface area contributed by atoms with Gasteiger partial charge in [0.15, 0.2) is 0 Å². The Morgan fingerprint density at radius 1 is 1.00 bits per heavy atom. The second kappa shape index (κ2) is 9.98. The van der Waals surface area contributed by atoms with Crippen molar-refractivity contribution in [2.75, 3.05) is 10.8 Å². The Morgan fingerprint density at radius 2 is 1.68 bits per heavy atom. The van der Waals surface area contributed by atoms with Crippen LogP contribution in [-0.2, 0) is 14.8 Å². The number of aryl methyl sites for hydroxylation is 1. The lowest BCUT2D eigenvalue weighted by Crippen LogP contribution is -2.42. The van der Waals surface area contributed by atoms with Crippen LogP contribution in [0.4, 0.5) is 5.69 Å². The Morgan fingerprint density at radius 3 is 2.29 bits per heavy atom. The van der Waals surface area contributed by atoms with Gasteiger partial charge in [-0.25, -0.2) is 8.42 Å². The summed E-state index contributed by atoms with van der Waals surface area (Å²) >= 11 is 6.10. The monoisotopic (exact) mass is 456 g/mol. The number of carbonyl (C=O) groups excluding carboxylic acids is 1. The minimum Gasteiger partial charge on any atom is -0.348 e. The second-order valence-electron chi connectivity index (χ2n) is 7.24. The van der Waals surface area contributed by atoms with Crippen molar-refractivity contribution in [1.29, 1.82) is 0 Å². The summed E-state index contributed by atoms with van der Waals surface area (Å²) in [7, 11) is -3.96. The van der Waals surface area contributed by atoms with Gasteiger partial charge in [-0.3, -0.25) is 9.10 Å². The number of hydrogen-bond acceptors (Lipinski definition) is 3. The minimum absolute atomic E-state index is 0.105. The molecule has 0 spiro atoms. The van der Waals surface area contributed by atoms with E-state index in [-0.39, 0.29) is 17.5 Å². The number of hydrogen-bond donors (Lipinski definition) is 1. The first-order chi connectivity index (χ1) is 14.8. The maximum absolute atomic E-state index is 13.3. The Bertz CT molecular complexity index is 1130. The van der Waals surface area contributed by atoms with E-state index in [1.807, 2.05) is 38.1 Å². The SMILES string of the molecule is CC[C@H](NC(=O)CN(c1cccc(Cl)c1)S(=O)(=O)c1ccccc1)c1ccc(C)cc1. The van der Waals surface area contributed by atoms with E-state index in [1.54, 1.807) is 36.4 Å². The van der Waals surface area contributed by atoms with Crippen LogP contribution in [0.25, 0.3) is 0 Å². The lowest BCUT2D eigenvalue weighted by Gasteiger charge is -2.26. The van der Waals surface area contributed by atoms with Crippen LogP contribution in [0, 0.1) is 6.92 Å². The lowest BCUT2D eigenvalue weighted by molar-refractivity contribution is -0.120. The molecule has 0 heterocycles. The summed E-state index contributed by atoms with van der Waals surface area (Å²) < 4.78 is 27.8. The number of rotatable bonds is 8. The van der Waals surface area contributed by atoms with Crippen LogP contribution in [-0.4, -0.2) is 20.9 Å². The maximum atomic E-state index is 13.3. The summed E-state index contributed by atoms with van der Waals surface area (Å²) in [5, 5.41) is 3.35. The molecular formula is C24H25ClN2O3S. The van der Waals surface area contributed by atoms with E-state index < -0.39 is 15.9 Å². The van der Waals surface area contributed by atoms with Gasteiger partial charge in [-0.2, -0.15) is 0 Å². The summed E-state index contributed by atoms with van der Waals surface area (Å²) in [5.41, 5.74) is 2.43. The zero-order valence-electron chi connectivity index (χ0n) is 17.5. The Labute approximate surface area is 188 Å². The van der Waals surface area contributed by atoms with Crippen molar-refractivity contribution in [3.63, 3.8) is 0 Å². The van der Waals surface area contributed by atoms with E-state index in [1.165, 1.54) is 18.2 Å². The van der Waals surface area contributed by atoms with E-state index in [0.717, 1.165) is 15.4 Å². The van der Waals surface area contributed by atoms with Crippen molar-refractivity contribution in [2.24, 2.45) is 0 Å². The van der Waals surface area contributed by atoms with E-state index in [0.29, 0.717) is 17.1 Å². The highest BCUT2D eigenvalue weighted by Gasteiger charge is 2.28. The fourth-order valence-electron chi connectivity index (χ4n) is 3.26. The number of amides is 1. The summed E-state index contributed by atoms with van der Waals surface area (Å²) in [6.45, 7) is 3.61. The fraction of sp³-hybridized carbons (Fsp3) is 0.208. The molecule has 1 atom stereocenters. The highest BCUT2D eigenvalue weighted by atomic mass is 35.5. The van der Waals surface area contributed by atoms with E-state index in [9.17, 15) is 13.2 Å². The topological polar surface area (TPSA) is 66.5 Å². The quantitative estimate of drug-likeness (QED) is 0.512. The van der Waals surface area contributed by atoms with Gasteiger partial charge in [0.25, 0.3) is 10.0 Å². The summed E-state index contributed by atoms with van der Waals surface area (Å²) in [6, 6.07) is 22.2. The first-order valence-corrected chi connectivity index (χ1v) is 11.8. The zero-order chi connectivity index (χ0) is 22.4. The molecule has 0 saturated carbocycles. The summed E-state index contributed by atoms with van der Waals surface area (Å²) in [6.07, 6.45) is 0.678. The molecule has 162 valence electrons. The fourth-order valence-corrected chi connectivity index (χ4v) is 4.87. The Kier molecular flexibility index (Phi) is 7.36. The van der Waals surface area contributed by atoms with E-state index in [2.05, 4.69) is 5.32 Å². The van der Waals surface area contributed by atoms with E-state index >= 15 is 0 Å². The third kappa shape index (κ3) is 5.66. The highest BCUT2D eigenvalue weighted by molar-refractivity contribution is 7.92. The molecule has 0 bridgehead atoms. The summed E-state index contributed by atoms with van der Waals surface area (Å²) in [4.78, 5) is 13.1. The average Bonchev–Trinajstić information content (AvgIpc) is 2.77. The average molecular weight is 457 g/mol. The van der Waals surface area contributed by atoms with Gasteiger partial charge in [-0.05, 0) is 49.2 Å². The van der Waals surface area contributed by atoms with Crippen molar-refractivity contribution in [3.05, 3.63) is 95.0 Å². The van der Waals surface area contributed by atoms with Crippen LogP contribution in [0.5, 0.6) is 0 Å². The molecule has 0 saturated heterocycles. The van der Waals surface area contributed by atoms with Crippen molar-refractivity contribution in [3.8, 4) is 0 Å². The molecule has 31 heavy (non-hydrogen) atoms. The van der Waals surface area contributed by atoms with Gasteiger partial charge >= 0.3 is 0 Å². The van der Waals surface area contributed by atoms with E-state index in [4.69, 9.17) is 11.6 Å². The number of halogens is 1. The number of sulfonamides is 1. The van der Waals surface area contributed by atoms with Gasteiger partial charge in [0.2, 0.25) is 5.91 Å². The van der Waals surface area contributed by atoms with Crippen molar-refractivity contribution in [2.45, 2.75) is 31.2 Å². The van der Waals surface area contributed by atoms with Crippen LogP contribution in [0.2, 0.25) is 5.02 Å². The van der Waals surface area contributed by atoms with Crippen LogP contribution in [0.3, 0.4) is 0 Å². The summed E-state index contributed by atoms with van der Waals surface area (Å²) in [5.74, 6) is -0.396. The van der Waals surface area contributed by atoms with Gasteiger partial charge < -0.3 is 5.32 Å². The zero-order valence-corrected chi connectivity index (χ0v) is 19.0. The molecule has 1 amide bonds. The number of nitrogens with zero attached hydrogens (tertiary/aromatic N) is 1. The molecule has 3 rings (SSSR count). The van der Waals surface area contributed by atoms with Crippen LogP contribution < -0.4 is 9.62 Å². The molecule has 0 aliphatic carbocycles. The van der Waals surface area contributed by atoms with Crippen molar-refractivity contribution < 1.29 is 13.2 Å². The smallest absolute Gasteiger partial charge is 0.264 e. The second-order valence-corrected chi connectivity index (χ2v) is 9.54. The molecule has 0 aliphatic heterocycles. The molecule has 0 radical (unpaired) electrons. The molecule has 3 aromatic rings. The van der Waals surface area contributed by atoms with Crippen LogP contribution >= 0.6 is 11.6 Å². The predicted molar refractivity (Wildman–Crippen MR) is 125 cm³/mol. The lowest BCUT2D eigenvalue weighted by atomic mass is 10.0. The molecule has 0 aromatic heterocycles. The van der Waals surface area contributed by atoms with Gasteiger partial charge in [0.1, 0.15) is 6.54 Å². The molecular weight excluding hydrogens is 432 g/mol. The molecule has 0 fully saturated rings. The van der Waals surface area contributed by atoms with Crippen LogP contribution in [0.1, 0.15) is 30.5 Å². The minimum atomic E-state index is -3.96. The van der Waals surface area contributed by atoms with Gasteiger partial charge in [-0.15, -0.1) is 0 Å². The number of carbonyl (C=O) groups is 1. The normalized spacial score (nSPS) is 12.2. The molecule has 7 heteroatoms. The molecule has 1 N–H and O–H groups in total. The maximum Gasteiger partial charge on any atom is 0.264 e. The van der Waals surface area contributed by atoms with Gasteiger partial charge in [0, 0.05) is 5.02 Å². The first-order valence-electron chi connectivity index (χ1n) is 10.0. The number of anilines is 1. The predicted octanol–water partition coefficient (Wildman–Crippen LogP) is 5.11. The third-order valence-corrected chi connectivity index (χ3v) is 6.96. The molecule has 3 aromatic carbocycles. The molecule has 0 unspecified atom stereocenters. The molecule has 0 aliphatic rings. The Balaban J connectivity index is 1.89. The standard InChI is InChI=1S/C24H25ClN2O3S/c1-3-23(19-14-12-18(2)13-15-19)26-24(28)17-27(21-9-7-8-20(25)16-21)31(29,30)22-10-5-4-6-11-22/h4-16,23H,3,17H2,1-2H3,(H,26,28)/t23-/m0/s1.